The summed E-state index contributed by atoms with van der Waals surface area (Å²) in [5, 5.41) is 0. The molecule has 4 aliphatic carbocycles. The van der Waals surface area contributed by atoms with Crippen molar-refractivity contribution in [3.63, 3.8) is 0 Å². The quantitative estimate of drug-likeness (QED) is 0.393. The third kappa shape index (κ3) is 2.36. The van der Waals surface area contributed by atoms with Crippen LogP contribution in [-0.2, 0) is 23.5 Å². The first-order valence-corrected chi connectivity index (χ1v) is 14.5. The van der Waals surface area contributed by atoms with Gasteiger partial charge in [0.25, 0.3) is 0 Å². The van der Waals surface area contributed by atoms with E-state index in [1.807, 2.05) is 6.92 Å². The fourth-order valence-corrected chi connectivity index (χ4v) is 9.61. The smallest absolute Gasteiger partial charge is 0.312 e. The molecule has 1 aliphatic heterocycles. The number of methoxy groups -OCH3 is 1. The van der Waals surface area contributed by atoms with Crippen molar-refractivity contribution >= 4 is 20.3 Å². The fourth-order valence-electron chi connectivity index (χ4n) is 8.45. The van der Waals surface area contributed by atoms with Crippen LogP contribution in [0.2, 0.25) is 19.6 Å². The van der Waals surface area contributed by atoms with Crippen LogP contribution >= 0.6 is 0 Å². The third-order valence-corrected chi connectivity index (χ3v) is 9.98. The van der Waals surface area contributed by atoms with Crippen LogP contribution in [0.5, 0.6) is 0 Å². The maximum absolute atomic E-state index is 13.3. The second-order valence-electron chi connectivity index (χ2n) is 11.6. The van der Waals surface area contributed by atoms with Gasteiger partial charge in [-0.2, -0.15) is 0 Å². The van der Waals surface area contributed by atoms with E-state index in [4.69, 9.17) is 13.9 Å². The van der Waals surface area contributed by atoms with E-state index >= 15 is 0 Å². The molecule has 0 aromatic carbocycles. The highest BCUT2D eigenvalue weighted by atomic mass is 28.4. The first-order chi connectivity index (χ1) is 13.5. The van der Waals surface area contributed by atoms with Crippen molar-refractivity contribution < 1.29 is 23.5 Å². The summed E-state index contributed by atoms with van der Waals surface area (Å²) in [5.41, 5.74) is -0.178. The lowest BCUT2D eigenvalue weighted by atomic mass is 9.59. The van der Waals surface area contributed by atoms with Crippen molar-refractivity contribution in [1.29, 1.82) is 0 Å². The molecule has 4 bridgehead atoms. The molecule has 0 amide bonds. The van der Waals surface area contributed by atoms with Crippen molar-refractivity contribution in [1.82, 2.24) is 0 Å². The summed E-state index contributed by atoms with van der Waals surface area (Å²) in [5.74, 6) is -0.0162. The van der Waals surface area contributed by atoms with Crippen molar-refractivity contribution in [3.05, 3.63) is 12.2 Å². The van der Waals surface area contributed by atoms with E-state index < -0.39 is 19.3 Å². The number of esters is 2. The number of ether oxygens (including phenoxy) is 2. The normalized spacial score (nSPS) is 50.2. The molecule has 0 aromatic heterocycles. The molecular formula is C23H34O5Si. The first kappa shape index (κ1) is 19.8. The van der Waals surface area contributed by atoms with Crippen molar-refractivity contribution in [2.45, 2.75) is 76.8 Å². The summed E-state index contributed by atoms with van der Waals surface area (Å²) in [6.07, 6.45) is 5.32. The molecule has 0 radical (unpaired) electrons. The van der Waals surface area contributed by atoms with Gasteiger partial charge in [0.1, 0.15) is 5.60 Å². The molecule has 1 spiro atoms. The summed E-state index contributed by atoms with van der Waals surface area (Å²) in [7, 11) is -0.288. The number of carbonyl (C=O) groups is 2. The van der Waals surface area contributed by atoms with Crippen molar-refractivity contribution in [3.8, 4) is 0 Å². The number of hydrogen-bond donors (Lipinski definition) is 0. The summed E-state index contributed by atoms with van der Waals surface area (Å²) in [4.78, 5) is 26.5. The van der Waals surface area contributed by atoms with E-state index in [2.05, 4.69) is 26.2 Å². The van der Waals surface area contributed by atoms with Gasteiger partial charge >= 0.3 is 11.9 Å². The number of carbonyl (C=O) groups excluding carboxylic acids is 2. The largest absolute Gasteiger partial charge is 0.469 e. The molecule has 29 heavy (non-hydrogen) atoms. The van der Waals surface area contributed by atoms with E-state index in [0.29, 0.717) is 12.3 Å². The van der Waals surface area contributed by atoms with Crippen LogP contribution in [0.4, 0.5) is 0 Å². The van der Waals surface area contributed by atoms with E-state index in [1.165, 1.54) is 12.7 Å². The van der Waals surface area contributed by atoms with Crippen LogP contribution < -0.4 is 0 Å². The van der Waals surface area contributed by atoms with Gasteiger partial charge in [0.2, 0.25) is 0 Å². The Bertz CT molecular complexity index is 802. The molecule has 5 rings (SSSR count). The molecule has 6 heteroatoms. The minimum atomic E-state index is -1.77. The predicted molar refractivity (Wildman–Crippen MR) is 110 cm³/mol. The maximum Gasteiger partial charge on any atom is 0.312 e. The second-order valence-corrected chi connectivity index (χ2v) is 16.1. The lowest BCUT2D eigenvalue weighted by molar-refractivity contribution is -0.161. The highest BCUT2D eigenvalue weighted by molar-refractivity contribution is 6.69. The lowest BCUT2D eigenvalue weighted by Gasteiger charge is -2.46. The number of fused-ring (bicyclic) bond motifs is 1. The predicted octanol–water partition coefficient (Wildman–Crippen LogP) is 4.08. The zero-order chi connectivity index (χ0) is 21.0. The van der Waals surface area contributed by atoms with Crippen molar-refractivity contribution in [2.24, 2.45) is 34.5 Å². The third-order valence-electron chi connectivity index (χ3n) is 8.94. The molecule has 4 saturated carbocycles. The molecular weight excluding hydrogens is 384 g/mol. The van der Waals surface area contributed by atoms with Crippen LogP contribution in [-0.4, -0.2) is 39.1 Å². The lowest BCUT2D eigenvalue weighted by Crippen LogP contribution is -2.53. The molecule has 5 nitrogen and oxygen atoms in total. The Morgan fingerprint density at radius 3 is 2.59 bits per heavy atom. The molecule has 8 atom stereocenters. The molecule has 160 valence electrons. The van der Waals surface area contributed by atoms with E-state index in [9.17, 15) is 9.59 Å². The molecule has 0 N–H and O–H groups in total. The van der Waals surface area contributed by atoms with Crippen LogP contribution in [0, 0.1) is 34.5 Å². The van der Waals surface area contributed by atoms with E-state index in [1.54, 1.807) is 0 Å². The minimum absolute atomic E-state index is 0.0186. The van der Waals surface area contributed by atoms with Gasteiger partial charge in [0.05, 0.1) is 18.4 Å². The van der Waals surface area contributed by atoms with Crippen LogP contribution in [0.15, 0.2) is 12.2 Å². The Morgan fingerprint density at radius 2 is 1.93 bits per heavy atom. The molecule has 5 fully saturated rings. The molecule has 0 aromatic rings. The number of allylic oxidation sites excluding steroid dienone is 1. The van der Waals surface area contributed by atoms with Gasteiger partial charge in [-0.3, -0.25) is 9.59 Å². The number of rotatable bonds is 3. The van der Waals surface area contributed by atoms with Crippen molar-refractivity contribution in [2.75, 3.05) is 7.11 Å². The van der Waals surface area contributed by atoms with Gasteiger partial charge < -0.3 is 13.9 Å². The Balaban J connectivity index is 1.66. The highest BCUT2D eigenvalue weighted by Gasteiger charge is 2.82. The maximum atomic E-state index is 13.3. The van der Waals surface area contributed by atoms with Crippen LogP contribution in [0.3, 0.4) is 0 Å². The topological polar surface area (TPSA) is 61.8 Å². The molecule has 4 unspecified atom stereocenters. The van der Waals surface area contributed by atoms with Gasteiger partial charge in [0.15, 0.2) is 8.32 Å². The standard InChI is InChI=1S/C23H34O5Si/c1-13-9-22-10-14(13)7-8-16(22)23-12-15(28-29(4,5)6)11-21(2,20(25)27-23)18(23)17(22)19(24)26-3/h14-18H,1,7-12H2,2-6H3/t14-,15-,16?,17?,18?,21?,22+,23-/m1/s1. The zero-order valence-electron chi connectivity index (χ0n) is 18.4. The summed E-state index contributed by atoms with van der Waals surface area (Å²) < 4.78 is 18.3. The molecule has 1 heterocycles. The fraction of sp³-hybridized carbons (Fsp3) is 0.826. The second kappa shape index (κ2) is 5.76. The Kier molecular flexibility index (Phi) is 3.93. The Morgan fingerprint density at radius 1 is 1.21 bits per heavy atom. The van der Waals surface area contributed by atoms with Crippen LogP contribution in [0.1, 0.15) is 45.4 Å². The average molecular weight is 419 g/mol. The van der Waals surface area contributed by atoms with Gasteiger partial charge in [-0.1, -0.05) is 12.2 Å². The number of hydrogen-bond acceptors (Lipinski definition) is 5. The SMILES string of the molecule is C=C1C[C@]23C[C@H]1CCC2[C@@]12C[C@H](O[Si](C)(C)C)CC(C)(C(=O)O1)C2C3C(=O)OC. The average Bonchev–Trinajstić information content (AvgIpc) is 3.05. The monoisotopic (exact) mass is 418 g/mol. The van der Waals surface area contributed by atoms with Gasteiger partial charge in [-0.25, -0.2) is 0 Å². The molecule has 5 aliphatic rings. The Labute approximate surface area is 174 Å². The van der Waals surface area contributed by atoms with Crippen LogP contribution in [0.25, 0.3) is 0 Å². The Hall–Kier alpha value is -1.14. The summed E-state index contributed by atoms with van der Waals surface area (Å²) >= 11 is 0. The minimum Gasteiger partial charge on any atom is -0.469 e. The van der Waals surface area contributed by atoms with Gasteiger partial charge in [-0.05, 0) is 70.0 Å². The van der Waals surface area contributed by atoms with Gasteiger partial charge in [0, 0.05) is 24.4 Å². The summed E-state index contributed by atoms with van der Waals surface area (Å²) in [6, 6.07) is 0. The summed E-state index contributed by atoms with van der Waals surface area (Å²) in [6.45, 7) is 13.0. The van der Waals surface area contributed by atoms with E-state index in [-0.39, 0.29) is 41.2 Å². The first-order valence-electron chi connectivity index (χ1n) is 11.1. The molecule has 1 saturated heterocycles. The highest BCUT2D eigenvalue weighted by Crippen LogP contribution is 2.78. The van der Waals surface area contributed by atoms with Gasteiger partial charge in [-0.15, -0.1) is 0 Å². The van der Waals surface area contributed by atoms with E-state index in [0.717, 1.165) is 32.1 Å². The zero-order valence-corrected chi connectivity index (χ0v) is 19.4.